The second kappa shape index (κ2) is 8.03. The Bertz CT molecular complexity index is 265. The third-order valence-corrected chi connectivity index (χ3v) is 3.91. The molecular formula is C11H26N2O2S. The summed E-state index contributed by atoms with van der Waals surface area (Å²) in [6.45, 7) is 4.32. The second-order valence-electron chi connectivity index (χ2n) is 4.61. The maximum atomic E-state index is 11.2. The minimum atomic E-state index is -2.95. The largest absolute Gasteiger partial charge is 0.271 e. The first-order chi connectivity index (χ1) is 7.42. The fraction of sp³-hybridized carbons (Fsp3) is 1.00. The molecule has 0 rings (SSSR count). The lowest BCUT2D eigenvalue weighted by atomic mass is 9.93. The molecule has 3 N–H and O–H groups in total. The summed E-state index contributed by atoms with van der Waals surface area (Å²) >= 11 is 0. The predicted octanol–water partition coefficient (Wildman–Crippen LogP) is 1.47. The standard InChI is InChI=1S/C11H26N2O2S/c1-4-6-7-10(5-2)8-11(13-12)9-16(3,14)15/h10-11,13H,4-9,12H2,1-3H3. The number of nitrogens with two attached hydrogens (primary N) is 1. The van der Waals surface area contributed by atoms with Crippen LogP contribution in [0.4, 0.5) is 0 Å². The molecule has 5 heteroatoms. The number of unbranched alkanes of at least 4 members (excludes halogenated alkanes) is 1. The van der Waals surface area contributed by atoms with Gasteiger partial charge in [-0.2, -0.15) is 0 Å². The van der Waals surface area contributed by atoms with Gasteiger partial charge in [0.25, 0.3) is 0 Å². The van der Waals surface area contributed by atoms with Gasteiger partial charge in [0, 0.05) is 12.3 Å². The third kappa shape index (κ3) is 8.07. The zero-order valence-corrected chi connectivity index (χ0v) is 11.5. The fourth-order valence-corrected chi connectivity index (χ4v) is 2.90. The average Bonchev–Trinajstić information content (AvgIpc) is 2.20. The van der Waals surface area contributed by atoms with Gasteiger partial charge >= 0.3 is 0 Å². The molecule has 2 unspecified atom stereocenters. The van der Waals surface area contributed by atoms with E-state index in [1.807, 2.05) is 0 Å². The van der Waals surface area contributed by atoms with Gasteiger partial charge in [-0.1, -0.05) is 39.5 Å². The lowest BCUT2D eigenvalue weighted by Gasteiger charge is -2.21. The molecule has 16 heavy (non-hydrogen) atoms. The molecule has 0 bridgehead atoms. The molecule has 0 aliphatic rings. The van der Waals surface area contributed by atoms with Crippen LogP contribution in [0.15, 0.2) is 0 Å². The first kappa shape index (κ1) is 15.9. The third-order valence-electron chi connectivity index (χ3n) is 2.90. The maximum Gasteiger partial charge on any atom is 0.149 e. The van der Waals surface area contributed by atoms with Crippen molar-refractivity contribution < 1.29 is 8.42 Å². The Morgan fingerprint density at radius 1 is 1.31 bits per heavy atom. The van der Waals surface area contributed by atoms with Gasteiger partial charge in [-0.15, -0.1) is 0 Å². The molecule has 0 fully saturated rings. The Labute approximate surface area is 99.9 Å². The molecule has 0 aromatic rings. The summed E-state index contributed by atoms with van der Waals surface area (Å²) < 4.78 is 22.4. The molecule has 0 amide bonds. The topological polar surface area (TPSA) is 72.2 Å². The zero-order valence-electron chi connectivity index (χ0n) is 10.7. The average molecular weight is 250 g/mol. The van der Waals surface area contributed by atoms with Gasteiger partial charge in [-0.05, 0) is 12.3 Å². The van der Waals surface area contributed by atoms with E-state index in [1.54, 1.807) is 0 Å². The lowest BCUT2D eigenvalue weighted by Crippen LogP contribution is -2.41. The van der Waals surface area contributed by atoms with Crippen molar-refractivity contribution in [3.63, 3.8) is 0 Å². The smallest absolute Gasteiger partial charge is 0.149 e. The van der Waals surface area contributed by atoms with Crippen LogP contribution in [0, 0.1) is 5.92 Å². The van der Waals surface area contributed by atoms with Gasteiger partial charge in [0.1, 0.15) is 9.84 Å². The normalized spacial score (nSPS) is 16.0. The van der Waals surface area contributed by atoms with Crippen LogP contribution >= 0.6 is 0 Å². The van der Waals surface area contributed by atoms with Gasteiger partial charge in [-0.3, -0.25) is 11.3 Å². The fourth-order valence-electron chi connectivity index (χ4n) is 1.93. The Kier molecular flexibility index (Phi) is 7.97. The van der Waals surface area contributed by atoms with E-state index in [2.05, 4.69) is 19.3 Å². The Balaban J connectivity index is 4.16. The molecule has 0 aliphatic carbocycles. The molecule has 0 heterocycles. The van der Waals surface area contributed by atoms with Crippen LogP contribution in [-0.4, -0.2) is 26.5 Å². The van der Waals surface area contributed by atoms with Crippen LogP contribution in [-0.2, 0) is 9.84 Å². The van der Waals surface area contributed by atoms with E-state index in [4.69, 9.17) is 5.84 Å². The van der Waals surface area contributed by atoms with Crippen molar-refractivity contribution in [1.29, 1.82) is 0 Å². The molecule has 0 saturated heterocycles. The second-order valence-corrected chi connectivity index (χ2v) is 6.79. The molecular weight excluding hydrogens is 224 g/mol. The van der Waals surface area contributed by atoms with Crippen LogP contribution in [0.5, 0.6) is 0 Å². The molecule has 0 aliphatic heterocycles. The van der Waals surface area contributed by atoms with Crippen LogP contribution in [0.25, 0.3) is 0 Å². The lowest BCUT2D eigenvalue weighted by molar-refractivity contribution is 0.365. The zero-order chi connectivity index (χ0) is 12.6. The summed E-state index contributed by atoms with van der Waals surface area (Å²) in [6.07, 6.45) is 6.74. The van der Waals surface area contributed by atoms with Gasteiger partial charge in [0.15, 0.2) is 0 Å². The van der Waals surface area contributed by atoms with E-state index < -0.39 is 9.84 Å². The minimum Gasteiger partial charge on any atom is -0.271 e. The first-order valence-corrected chi connectivity index (χ1v) is 8.12. The Morgan fingerprint density at radius 2 is 1.94 bits per heavy atom. The van der Waals surface area contributed by atoms with E-state index >= 15 is 0 Å². The van der Waals surface area contributed by atoms with Gasteiger partial charge in [0.2, 0.25) is 0 Å². The van der Waals surface area contributed by atoms with Gasteiger partial charge < -0.3 is 0 Å². The van der Waals surface area contributed by atoms with Crippen molar-refractivity contribution in [2.24, 2.45) is 11.8 Å². The summed E-state index contributed by atoms with van der Waals surface area (Å²) in [6, 6.07) is -0.114. The Hall–Kier alpha value is -0.130. The quantitative estimate of drug-likeness (QED) is 0.480. The highest BCUT2D eigenvalue weighted by Crippen LogP contribution is 2.18. The minimum absolute atomic E-state index is 0.114. The van der Waals surface area contributed by atoms with Crippen molar-refractivity contribution >= 4 is 9.84 Å². The van der Waals surface area contributed by atoms with E-state index in [0.29, 0.717) is 5.92 Å². The number of hydrogen-bond acceptors (Lipinski definition) is 4. The highest BCUT2D eigenvalue weighted by Gasteiger charge is 2.18. The Morgan fingerprint density at radius 3 is 2.31 bits per heavy atom. The highest BCUT2D eigenvalue weighted by molar-refractivity contribution is 7.90. The number of hydrazine groups is 1. The van der Waals surface area contributed by atoms with Crippen molar-refractivity contribution in [3.8, 4) is 0 Å². The van der Waals surface area contributed by atoms with Crippen LogP contribution in [0.2, 0.25) is 0 Å². The van der Waals surface area contributed by atoms with Crippen molar-refractivity contribution in [2.45, 2.75) is 52.0 Å². The number of hydrogen-bond donors (Lipinski definition) is 2. The molecule has 0 saturated carbocycles. The summed E-state index contributed by atoms with van der Waals surface area (Å²) in [5.41, 5.74) is 2.62. The SMILES string of the molecule is CCCCC(CC)CC(CS(C)(=O)=O)NN. The number of sulfone groups is 1. The summed E-state index contributed by atoms with van der Waals surface area (Å²) in [7, 11) is -2.95. The first-order valence-electron chi connectivity index (χ1n) is 6.06. The van der Waals surface area contributed by atoms with E-state index in [-0.39, 0.29) is 11.8 Å². The molecule has 0 aromatic heterocycles. The van der Waals surface area contributed by atoms with Crippen molar-refractivity contribution in [1.82, 2.24) is 5.43 Å². The number of nitrogens with one attached hydrogen (secondary N) is 1. The molecule has 0 spiro atoms. The van der Waals surface area contributed by atoms with Crippen LogP contribution in [0.1, 0.15) is 46.0 Å². The monoisotopic (exact) mass is 250 g/mol. The highest BCUT2D eigenvalue weighted by atomic mass is 32.2. The molecule has 2 atom stereocenters. The van der Waals surface area contributed by atoms with Crippen LogP contribution < -0.4 is 11.3 Å². The predicted molar refractivity (Wildman–Crippen MR) is 68.7 cm³/mol. The van der Waals surface area contributed by atoms with Crippen LogP contribution in [0.3, 0.4) is 0 Å². The summed E-state index contributed by atoms with van der Waals surface area (Å²) in [5.74, 6) is 6.10. The molecule has 4 nitrogen and oxygen atoms in total. The van der Waals surface area contributed by atoms with Crippen molar-refractivity contribution in [3.05, 3.63) is 0 Å². The summed E-state index contributed by atoms with van der Waals surface area (Å²) in [4.78, 5) is 0. The van der Waals surface area contributed by atoms with E-state index in [0.717, 1.165) is 19.3 Å². The molecule has 0 radical (unpaired) electrons. The summed E-state index contributed by atoms with van der Waals surface area (Å²) in [5, 5.41) is 0. The van der Waals surface area contributed by atoms with Crippen molar-refractivity contribution in [2.75, 3.05) is 12.0 Å². The molecule has 98 valence electrons. The van der Waals surface area contributed by atoms with E-state index in [1.165, 1.54) is 19.1 Å². The molecule has 0 aromatic carbocycles. The maximum absolute atomic E-state index is 11.2. The number of rotatable bonds is 9. The van der Waals surface area contributed by atoms with Gasteiger partial charge in [0.05, 0.1) is 5.75 Å². The van der Waals surface area contributed by atoms with E-state index in [9.17, 15) is 8.42 Å². The van der Waals surface area contributed by atoms with Gasteiger partial charge in [-0.25, -0.2) is 8.42 Å².